The number of carbonyl (C=O) groups is 1. The lowest BCUT2D eigenvalue weighted by Crippen LogP contribution is -2.44. The van der Waals surface area contributed by atoms with Crippen LogP contribution in [0.2, 0.25) is 0 Å². The molecule has 8 heteroatoms. The maximum atomic E-state index is 14.6. The number of benzene rings is 1. The molecule has 0 aliphatic carbocycles. The Labute approximate surface area is 193 Å². The number of nitrogens with zero attached hydrogens (tertiary/aromatic N) is 1. The predicted molar refractivity (Wildman–Crippen MR) is 128 cm³/mol. The molecule has 1 aromatic rings. The van der Waals surface area contributed by atoms with Gasteiger partial charge >= 0.3 is 0 Å². The van der Waals surface area contributed by atoms with Crippen molar-refractivity contribution in [3.8, 4) is 0 Å². The van der Waals surface area contributed by atoms with E-state index in [1.165, 1.54) is 6.20 Å². The van der Waals surface area contributed by atoms with Crippen LogP contribution in [0, 0.1) is 11.3 Å². The second-order valence-electron chi connectivity index (χ2n) is 8.13. The number of hydrogen-bond donors (Lipinski definition) is 3. The van der Waals surface area contributed by atoms with E-state index in [9.17, 15) is 18.0 Å². The summed E-state index contributed by atoms with van der Waals surface area (Å²) in [4.78, 5) is 15.9. The van der Waals surface area contributed by atoms with E-state index < -0.39 is 36.9 Å². The summed E-state index contributed by atoms with van der Waals surface area (Å²) in [5.74, 6) is -1.96. The van der Waals surface area contributed by atoms with Crippen LogP contribution in [0.25, 0.3) is 0 Å². The zero-order valence-electron chi connectivity index (χ0n) is 19.4. The van der Waals surface area contributed by atoms with Gasteiger partial charge in [0.25, 0.3) is 0 Å². The van der Waals surface area contributed by atoms with Crippen molar-refractivity contribution in [2.24, 2.45) is 10.9 Å². The summed E-state index contributed by atoms with van der Waals surface area (Å²) in [5.41, 5.74) is 1.43. The molecule has 0 aromatic heterocycles. The van der Waals surface area contributed by atoms with Crippen molar-refractivity contribution in [1.82, 2.24) is 5.32 Å². The molecule has 33 heavy (non-hydrogen) atoms. The van der Waals surface area contributed by atoms with Crippen LogP contribution in [-0.2, 0) is 4.79 Å². The van der Waals surface area contributed by atoms with Gasteiger partial charge in [0.1, 0.15) is 12.0 Å². The lowest BCUT2D eigenvalue weighted by molar-refractivity contribution is -0.122. The Balaban J connectivity index is 2.51. The highest BCUT2D eigenvalue weighted by atomic mass is 19.3. The first kappa shape index (κ1) is 26.4. The van der Waals surface area contributed by atoms with Crippen molar-refractivity contribution in [2.45, 2.75) is 71.5 Å². The first-order valence-corrected chi connectivity index (χ1v) is 11.3. The van der Waals surface area contributed by atoms with Crippen LogP contribution < -0.4 is 10.6 Å². The smallest absolute Gasteiger partial charge is 0.246 e. The van der Waals surface area contributed by atoms with Gasteiger partial charge in [0.15, 0.2) is 0 Å². The largest absolute Gasteiger partial charge is 0.379 e. The molecule has 1 saturated heterocycles. The van der Waals surface area contributed by atoms with Crippen LogP contribution in [0.15, 0.2) is 53.2 Å². The molecule has 1 aromatic carbocycles. The van der Waals surface area contributed by atoms with E-state index in [1.807, 2.05) is 6.92 Å². The zero-order chi connectivity index (χ0) is 24.5. The molecule has 180 valence electrons. The Morgan fingerprint density at radius 3 is 2.64 bits per heavy atom. The first-order valence-electron chi connectivity index (χ1n) is 11.3. The molecule has 1 fully saturated rings. The van der Waals surface area contributed by atoms with Crippen molar-refractivity contribution in [1.29, 1.82) is 5.41 Å². The van der Waals surface area contributed by atoms with E-state index in [0.29, 0.717) is 24.1 Å². The summed E-state index contributed by atoms with van der Waals surface area (Å²) in [7, 11) is 0. The highest BCUT2D eigenvalue weighted by molar-refractivity contribution is 6.20. The third kappa shape index (κ3) is 6.55. The summed E-state index contributed by atoms with van der Waals surface area (Å²) >= 11 is 0. The molecule has 1 aliphatic rings. The van der Waals surface area contributed by atoms with Crippen molar-refractivity contribution >= 4 is 23.1 Å². The van der Waals surface area contributed by atoms with E-state index in [0.717, 1.165) is 12.8 Å². The molecule has 3 unspecified atom stereocenters. The van der Waals surface area contributed by atoms with E-state index in [-0.39, 0.29) is 22.7 Å². The number of unbranched alkanes of at least 4 members (excludes halogenated alkanes) is 1. The summed E-state index contributed by atoms with van der Waals surface area (Å²) in [6.45, 7) is 8.89. The quantitative estimate of drug-likeness (QED) is 0.351. The lowest BCUT2D eigenvalue weighted by atomic mass is 9.84. The molecule has 1 amide bonds. The van der Waals surface area contributed by atoms with Crippen molar-refractivity contribution < 1.29 is 18.0 Å². The Hall–Kier alpha value is -2.90. The molecular weight excluding hydrogens is 429 g/mol. The number of carbonyl (C=O) groups excluding carboxylic acids is 1. The molecule has 5 nitrogen and oxygen atoms in total. The van der Waals surface area contributed by atoms with Crippen LogP contribution in [0.1, 0.15) is 58.4 Å². The minimum absolute atomic E-state index is 0.00723. The number of nitrogens with one attached hydrogen (secondary N) is 3. The van der Waals surface area contributed by atoms with Gasteiger partial charge in [-0.25, -0.2) is 18.2 Å². The molecule has 3 N–H and O–H groups in total. The minimum Gasteiger partial charge on any atom is -0.379 e. The monoisotopic (exact) mass is 462 g/mol. The summed E-state index contributed by atoms with van der Waals surface area (Å²) < 4.78 is 42.3. The van der Waals surface area contributed by atoms with E-state index in [4.69, 9.17) is 5.41 Å². The Morgan fingerprint density at radius 1 is 1.33 bits per heavy atom. The zero-order valence-corrected chi connectivity index (χ0v) is 19.4. The summed E-state index contributed by atoms with van der Waals surface area (Å²) in [6.07, 6.45) is -0.285. The molecule has 1 aliphatic heterocycles. The summed E-state index contributed by atoms with van der Waals surface area (Å²) in [5, 5.41) is 14.6. The number of piperidine rings is 1. The maximum Gasteiger partial charge on any atom is 0.246 e. The molecule has 2 rings (SSSR count). The maximum absolute atomic E-state index is 14.6. The van der Waals surface area contributed by atoms with Gasteiger partial charge in [-0.1, -0.05) is 51.5 Å². The van der Waals surface area contributed by atoms with Gasteiger partial charge in [-0.3, -0.25) is 10.2 Å². The van der Waals surface area contributed by atoms with Gasteiger partial charge in [0.2, 0.25) is 12.3 Å². The van der Waals surface area contributed by atoms with Crippen LogP contribution in [0.3, 0.4) is 0 Å². The number of hydrogen-bond acceptors (Lipinski definition) is 4. The average Bonchev–Trinajstić information content (AvgIpc) is 2.80. The molecule has 3 atom stereocenters. The van der Waals surface area contributed by atoms with E-state index >= 15 is 0 Å². The Bertz CT molecular complexity index is 926. The molecule has 0 saturated carbocycles. The molecule has 0 bridgehead atoms. The number of amides is 1. The van der Waals surface area contributed by atoms with Crippen molar-refractivity contribution in [2.75, 3.05) is 5.32 Å². The van der Waals surface area contributed by atoms with Gasteiger partial charge in [0, 0.05) is 29.4 Å². The standard InChI is InChI=1S/C25H33F3N4O/c1-5-8-12-20(18(26)6-2)31-19-13-10-9-11-16(19)23(29)15(4)22-17(24(27)28)14-21(33)32-25(22)30-7-3/h7,9-11,13,17-18,20,24,29,31H,3,5-6,8,12,14H2,1-2,4H3,(H,30,32,33)/b22-15+,29-23?. The SMILES string of the molecule is C=CN=C1NC(=O)CC(C(F)F)/C1=C(/C)C(=N)c1ccccc1NC(CCCC)C(F)CC. The lowest BCUT2D eigenvalue weighted by Gasteiger charge is -2.29. The molecular formula is C25H33F3N4O. The number of allylic oxidation sites excluding steroid dienone is 1. The number of aliphatic imine (C=N–C) groups is 1. The third-order valence-electron chi connectivity index (χ3n) is 5.83. The number of amidine groups is 1. The third-order valence-corrected chi connectivity index (χ3v) is 5.83. The van der Waals surface area contributed by atoms with E-state index in [1.54, 1.807) is 38.1 Å². The molecule has 0 radical (unpaired) electrons. The van der Waals surface area contributed by atoms with Gasteiger partial charge in [0.05, 0.1) is 17.7 Å². The number of anilines is 1. The summed E-state index contributed by atoms with van der Waals surface area (Å²) in [6, 6.07) is 6.57. The number of alkyl halides is 3. The van der Waals surface area contributed by atoms with E-state index in [2.05, 4.69) is 22.2 Å². The fraction of sp³-hybridized carbons (Fsp3) is 0.480. The van der Waals surface area contributed by atoms with Crippen LogP contribution in [-0.4, -0.2) is 36.1 Å². The second kappa shape index (κ2) is 12.4. The number of para-hydroxylation sites is 1. The fourth-order valence-corrected chi connectivity index (χ4v) is 4.01. The van der Waals surface area contributed by atoms with Crippen LogP contribution in [0.4, 0.5) is 18.9 Å². The highest BCUT2D eigenvalue weighted by Crippen LogP contribution is 2.32. The minimum atomic E-state index is -2.80. The second-order valence-corrected chi connectivity index (χ2v) is 8.13. The predicted octanol–water partition coefficient (Wildman–Crippen LogP) is 6.03. The van der Waals surface area contributed by atoms with Crippen LogP contribution in [0.5, 0.6) is 0 Å². The van der Waals surface area contributed by atoms with Gasteiger partial charge in [-0.2, -0.15) is 0 Å². The van der Waals surface area contributed by atoms with Crippen molar-refractivity contribution in [3.05, 3.63) is 53.8 Å². The Morgan fingerprint density at radius 2 is 2.03 bits per heavy atom. The molecule has 0 spiro atoms. The molecule has 1 heterocycles. The Kier molecular flexibility index (Phi) is 9.88. The van der Waals surface area contributed by atoms with Crippen LogP contribution >= 0.6 is 0 Å². The highest BCUT2D eigenvalue weighted by Gasteiger charge is 2.37. The average molecular weight is 463 g/mol. The van der Waals surface area contributed by atoms with Crippen molar-refractivity contribution in [3.63, 3.8) is 0 Å². The fourth-order valence-electron chi connectivity index (χ4n) is 4.01. The normalized spacial score (nSPS) is 20.9. The van der Waals surface area contributed by atoms with Gasteiger partial charge < -0.3 is 10.6 Å². The van der Waals surface area contributed by atoms with Gasteiger partial charge in [-0.15, -0.1) is 0 Å². The van der Waals surface area contributed by atoms with Gasteiger partial charge in [-0.05, 0) is 31.4 Å². The number of halogens is 3. The number of rotatable bonds is 11. The topological polar surface area (TPSA) is 77.3 Å². The first-order chi connectivity index (χ1) is 15.7.